The van der Waals surface area contributed by atoms with E-state index in [4.69, 9.17) is 11.6 Å². The van der Waals surface area contributed by atoms with Crippen molar-refractivity contribution in [2.24, 2.45) is 17.8 Å². The average molecular weight is 272 g/mol. The zero-order valence-electron chi connectivity index (χ0n) is 11.7. The Morgan fingerprint density at radius 3 is 2.44 bits per heavy atom. The van der Waals surface area contributed by atoms with Gasteiger partial charge in [-0.2, -0.15) is 0 Å². The van der Waals surface area contributed by atoms with Gasteiger partial charge in [0.05, 0.1) is 5.54 Å². The van der Waals surface area contributed by atoms with Crippen LogP contribution in [-0.2, 0) is 4.79 Å². The monoisotopic (exact) mass is 271 g/mol. The average Bonchev–Trinajstić information content (AvgIpc) is 2.98. The molecular formula is C15H26ClNO. The maximum atomic E-state index is 12.2. The predicted octanol–water partition coefficient (Wildman–Crippen LogP) is 3.73. The molecule has 0 spiro atoms. The molecule has 2 fully saturated rings. The first-order chi connectivity index (χ1) is 8.62. The largest absolute Gasteiger partial charge is 0.349 e. The topological polar surface area (TPSA) is 29.1 Å². The molecule has 2 nitrogen and oxygen atoms in total. The summed E-state index contributed by atoms with van der Waals surface area (Å²) in [6.07, 6.45) is 7.96. The van der Waals surface area contributed by atoms with Crippen LogP contribution >= 0.6 is 11.6 Å². The lowest BCUT2D eigenvalue weighted by atomic mass is 9.85. The molecule has 0 aromatic carbocycles. The van der Waals surface area contributed by atoms with Gasteiger partial charge in [-0.25, -0.2) is 0 Å². The number of hydrogen-bond donors (Lipinski definition) is 1. The number of carbonyl (C=O) groups excluding carboxylic acids is 1. The summed E-state index contributed by atoms with van der Waals surface area (Å²) in [6.45, 7) is 4.20. The van der Waals surface area contributed by atoms with Crippen LogP contribution in [0, 0.1) is 17.8 Å². The molecule has 0 aromatic rings. The van der Waals surface area contributed by atoms with Crippen molar-refractivity contribution in [2.45, 2.75) is 64.3 Å². The Balaban J connectivity index is 1.85. The molecule has 2 saturated carbocycles. The second-order valence-electron chi connectivity index (χ2n) is 6.31. The lowest BCUT2D eigenvalue weighted by Crippen LogP contribution is -2.49. The van der Waals surface area contributed by atoms with Crippen molar-refractivity contribution in [1.82, 2.24) is 5.32 Å². The molecule has 1 N–H and O–H groups in total. The Hall–Kier alpha value is -0.240. The molecule has 3 heteroatoms. The maximum absolute atomic E-state index is 12.2. The minimum absolute atomic E-state index is 0.184. The van der Waals surface area contributed by atoms with E-state index in [-0.39, 0.29) is 11.4 Å². The molecule has 1 amide bonds. The van der Waals surface area contributed by atoms with Crippen molar-refractivity contribution in [3.8, 4) is 0 Å². The molecule has 3 unspecified atom stereocenters. The third kappa shape index (κ3) is 2.84. The van der Waals surface area contributed by atoms with Crippen LogP contribution in [0.5, 0.6) is 0 Å². The number of halogens is 1. The molecule has 104 valence electrons. The minimum atomic E-state index is -0.184. The third-order valence-electron chi connectivity index (χ3n) is 5.35. The molecule has 0 aromatic heterocycles. The normalized spacial score (nSPS) is 30.7. The third-order valence-corrected chi connectivity index (χ3v) is 5.86. The van der Waals surface area contributed by atoms with Crippen LogP contribution < -0.4 is 5.32 Å². The fourth-order valence-electron chi connectivity index (χ4n) is 3.86. The van der Waals surface area contributed by atoms with E-state index >= 15 is 0 Å². The summed E-state index contributed by atoms with van der Waals surface area (Å²) >= 11 is 6.03. The molecule has 2 aliphatic carbocycles. The van der Waals surface area contributed by atoms with Gasteiger partial charge in [0.25, 0.3) is 0 Å². The van der Waals surface area contributed by atoms with E-state index in [0.717, 1.165) is 31.1 Å². The lowest BCUT2D eigenvalue weighted by Gasteiger charge is -2.32. The second-order valence-corrected chi connectivity index (χ2v) is 6.58. The molecule has 0 radical (unpaired) electrons. The van der Waals surface area contributed by atoms with Crippen LogP contribution in [0.25, 0.3) is 0 Å². The van der Waals surface area contributed by atoms with Gasteiger partial charge in [0.2, 0.25) is 5.91 Å². The first-order valence-corrected chi connectivity index (χ1v) is 8.03. The summed E-state index contributed by atoms with van der Waals surface area (Å²) < 4.78 is 0. The summed E-state index contributed by atoms with van der Waals surface area (Å²) in [5.41, 5.74) is -0.184. The van der Waals surface area contributed by atoms with Crippen molar-refractivity contribution in [1.29, 1.82) is 0 Å². The molecule has 0 heterocycles. The van der Waals surface area contributed by atoms with E-state index in [2.05, 4.69) is 19.2 Å². The van der Waals surface area contributed by atoms with Crippen LogP contribution in [-0.4, -0.2) is 17.3 Å². The predicted molar refractivity (Wildman–Crippen MR) is 75.7 cm³/mol. The number of alkyl halides is 1. The van der Waals surface area contributed by atoms with Crippen LogP contribution in [0.2, 0.25) is 0 Å². The van der Waals surface area contributed by atoms with Crippen molar-refractivity contribution >= 4 is 17.5 Å². The first-order valence-electron chi connectivity index (χ1n) is 7.49. The van der Waals surface area contributed by atoms with E-state index in [1.165, 1.54) is 25.7 Å². The molecule has 18 heavy (non-hydrogen) atoms. The van der Waals surface area contributed by atoms with Gasteiger partial charge >= 0.3 is 0 Å². The van der Waals surface area contributed by atoms with Crippen LogP contribution in [0.4, 0.5) is 0 Å². The van der Waals surface area contributed by atoms with Gasteiger partial charge in [-0.15, -0.1) is 11.6 Å². The highest BCUT2D eigenvalue weighted by atomic mass is 35.5. The number of amides is 1. The van der Waals surface area contributed by atoms with E-state index in [1.807, 2.05) is 0 Å². The zero-order valence-corrected chi connectivity index (χ0v) is 12.4. The number of nitrogens with one attached hydrogen (secondary N) is 1. The summed E-state index contributed by atoms with van der Waals surface area (Å²) in [7, 11) is 0. The number of hydrogen-bond acceptors (Lipinski definition) is 1. The Kier molecular flexibility index (Phi) is 4.58. The molecular weight excluding hydrogens is 246 g/mol. The van der Waals surface area contributed by atoms with E-state index in [1.54, 1.807) is 0 Å². The summed E-state index contributed by atoms with van der Waals surface area (Å²) in [5, 5.41) is 3.20. The molecule has 2 aliphatic rings. The quantitative estimate of drug-likeness (QED) is 0.733. The Morgan fingerprint density at radius 2 is 2.00 bits per heavy atom. The molecule has 0 aliphatic heterocycles. The highest BCUT2D eigenvalue weighted by Crippen LogP contribution is 2.49. The smallest absolute Gasteiger partial charge is 0.220 e. The molecule has 2 rings (SSSR count). The highest BCUT2D eigenvalue weighted by Gasteiger charge is 2.40. The van der Waals surface area contributed by atoms with E-state index in [0.29, 0.717) is 11.8 Å². The fraction of sp³-hybridized carbons (Fsp3) is 0.933. The van der Waals surface area contributed by atoms with Crippen LogP contribution in [0.1, 0.15) is 58.8 Å². The highest BCUT2D eigenvalue weighted by molar-refractivity contribution is 6.18. The van der Waals surface area contributed by atoms with Gasteiger partial charge < -0.3 is 5.32 Å². The van der Waals surface area contributed by atoms with E-state index < -0.39 is 0 Å². The van der Waals surface area contributed by atoms with Crippen molar-refractivity contribution in [3.05, 3.63) is 0 Å². The van der Waals surface area contributed by atoms with Gasteiger partial charge in [-0.3, -0.25) is 4.79 Å². The lowest BCUT2D eigenvalue weighted by molar-refractivity contribution is -0.124. The zero-order chi connectivity index (χ0) is 13.2. The van der Waals surface area contributed by atoms with Gasteiger partial charge in [0.1, 0.15) is 0 Å². The Morgan fingerprint density at radius 1 is 1.28 bits per heavy atom. The van der Waals surface area contributed by atoms with Crippen molar-refractivity contribution in [2.75, 3.05) is 5.88 Å². The summed E-state index contributed by atoms with van der Waals surface area (Å²) in [5.74, 6) is 3.13. The number of rotatable bonds is 6. The van der Waals surface area contributed by atoms with Crippen molar-refractivity contribution < 1.29 is 4.79 Å². The van der Waals surface area contributed by atoms with Crippen LogP contribution in [0.15, 0.2) is 0 Å². The SMILES string of the molecule is CCC(CC)(CCl)NC(=O)CC1CC2CCC1C2. The number of fused-ring (bicyclic) bond motifs is 2. The number of carbonyl (C=O) groups is 1. The van der Waals surface area contributed by atoms with Gasteiger partial charge in [0.15, 0.2) is 0 Å². The Bertz CT molecular complexity index is 293. The fourth-order valence-corrected chi connectivity index (χ4v) is 4.31. The van der Waals surface area contributed by atoms with E-state index in [9.17, 15) is 4.79 Å². The summed E-state index contributed by atoms with van der Waals surface area (Å²) in [4.78, 5) is 12.2. The first kappa shape index (κ1) is 14.2. The molecule has 0 saturated heterocycles. The molecule has 2 bridgehead atoms. The minimum Gasteiger partial charge on any atom is -0.349 e. The summed E-state index contributed by atoms with van der Waals surface area (Å²) in [6, 6.07) is 0. The van der Waals surface area contributed by atoms with Gasteiger partial charge in [-0.1, -0.05) is 20.3 Å². The Labute approximate surface area is 116 Å². The van der Waals surface area contributed by atoms with Crippen LogP contribution in [0.3, 0.4) is 0 Å². The van der Waals surface area contributed by atoms with Gasteiger partial charge in [0, 0.05) is 12.3 Å². The second kappa shape index (κ2) is 5.81. The standard InChI is InChI=1S/C15H26ClNO/c1-3-15(4-2,10-16)17-14(18)9-13-8-11-5-6-12(13)7-11/h11-13H,3-10H2,1-2H3,(H,17,18). The van der Waals surface area contributed by atoms with Crippen molar-refractivity contribution in [3.63, 3.8) is 0 Å². The van der Waals surface area contributed by atoms with Gasteiger partial charge in [-0.05, 0) is 49.9 Å². The maximum Gasteiger partial charge on any atom is 0.220 e. The molecule has 3 atom stereocenters.